The number of halogens is 3. The van der Waals surface area contributed by atoms with Gasteiger partial charge in [0.05, 0.1) is 0 Å². The summed E-state index contributed by atoms with van der Waals surface area (Å²) in [6.45, 7) is 13.8. The second kappa shape index (κ2) is 11.2. The van der Waals surface area contributed by atoms with Crippen LogP contribution in [0.4, 0.5) is 0 Å². The van der Waals surface area contributed by atoms with Crippen molar-refractivity contribution in [3.05, 3.63) is 57.3 Å². The molecule has 2 rings (SSSR count). The van der Waals surface area contributed by atoms with Gasteiger partial charge >= 0.3 is 21.7 Å². The van der Waals surface area contributed by atoms with Crippen LogP contribution in [0.2, 0.25) is 19.6 Å². The van der Waals surface area contributed by atoms with Gasteiger partial charge in [-0.05, 0) is 43.9 Å². The van der Waals surface area contributed by atoms with Crippen molar-refractivity contribution in [1.82, 2.24) is 0 Å². The van der Waals surface area contributed by atoms with E-state index in [4.69, 9.17) is 0 Å². The third-order valence-electron chi connectivity index (χ3n) is 3.90. The van der Waals surface area contributed by atoms with Crippen molar-refractivity contribution >= 4 is 8.07 Å². The van der Waals surface area contributed by atoms with E-state index in [2.05, 4.69) is 64.7 Å². The number of rotatable bonds is 3. The second-order valence-electron chi connectivity index (χ2n) is 6.85. The predicted molar refractivity (Wildman–Crippen MR) is 87.2 cm³/mol. The number of allylic oxidation sites excluding steroid dienone is 4. The minimum Gasteiger partial charge on any atom is -1.00 e. The van der Waals surface area contributed by atoms with Gasteiger partial charge in [-0.3, -0.25) is 6.08 Å². The molecule has 0 fully saturated rings. The van der Waals surface area contributed by atoms with E-state index in [1.165, 1.54) is 33.0 Å². The standard InChI is InChI=1S/C18H25Si.3ClH.Ti/c1-13-9-14(2)18(15(3)10-13)12-16-7-8-17(11-16)19(4,5)6;;;;/h8-10H,7,12H2,1-6H3;3*1H;/q-1;;;;+4/p-3. The molecule has 1 aliphatic rings. The molecule has 0 aromatic heterocycles. The maximum atomic E-state index is 3.69. The molecule has 0 bridgehead atoms. The first-order chi connectivity index (χ1) is 8.77. The van der Waals surface area contributed by atoms with E-state index < -0.39 is 8.07 Å². The summed E-state index contributed by atoms with van der Waals surface area (Å²) in [5.41, 5.74) is 7.18. The summed E-state index contributed by atoms with van der Waals surface area (Å²) in [7, 11) is -1.19. The Hall–Kier alpha value is 0.501. The van der Waals surface area contributed by atoms with E-state index in [0.29, 0.717) is 0 Å². The minimum absolute atomic E-state index is 0. The van der Waals surface area contributed by atoms with Gasteiger partial charge in [0.25, 0.3) is 0 Å². The smallest absolute Gasteiger partial charge is 1.00 e. The van der Waals surface area contributed by atoms with Gasteiger partial charge in [-0.1, -0.05) is 43.8 Å². The van der Waals surface area contributed by atoms with Crippen LogP contribution in [0.5, 0.6) is 0 Å². The van der Waals surface area contributed by atoms with Crippen LogP contribution < -0.4 is 37.2 Å². The van der Waals surface area contributed by atoms with Crippen LogP contribution in [-0.2, 0) is 28.1 Å². The third-order valence-corrected chi connectivity index (χ3v) is 5.85. The van der Waals surface area contributed by atoms with Gasteiger partial charge in [0, 0.05) is 8.07 Å². The summed E-state index contributed by atoms with van der Waals surface area (Å²) in [5.74, 6) is 0. The van der Waals surface area contributed by atoms with Crippen molar-refractivity contribution < 1.29 is 58.9 Å². The number of hydrogen-bond donors (Lipinski definition) is 0. The molecule has 0 amide bonds. The van der Waals surface area contributed by atoms with Crippen LogP contribution in [0.25, 0.3) is 0 Å². The molecule has 23 heavy (non-hydrogen) atoms. The molecule has 0 spiro atoms. The van der Waals surface area contributed by atoms with Crippen LogP contribution in [0, 0.1) is 26.8 Å². The normalized spacial score (nSPS) is 12.8. The molecule has 0 saturated heterocycles. The zero-order chi connectivity index (χ0) is 14.2. The fourth-order valence-corrected chi connectivity index (χ4v) is 4.10. The average Bonchev–Trinajstić information content (AvgIpc) is 2.71. The van der Waals surface area contributed by atoms with E-state index in [1.807, 2.05) is 0 Å². The molecule has 126 valence electrons. The Bertz CT molecular complexity index is 549. The summed E-state index contributed by atoms with van der Waals surface area (Å²) in [6.07, 6.45) is 8.27. The van der Waals surface area contributed by atoms with Crippen molar-refractivity contribution in [2.45, 2.75) is 53.3 Å². The maximum absolute atomic E-state index is 3.69. The van der Waals surface area contributed by atoms with E-state index in [9.17, 15) is 0 Å². The molecular weight excluding hydrogens is 399 g/mol. The van der Waals surface area contributed by atoms with Crippen LogP contribution in [-0.4, -0.2) is 8.07 Å². The van der Waals surface area contributed by atoms with Crippen LogP contribution in [0.15, 0.2) is 29.0 Å². The van der Waals surface area contributed by atoms with Gasteiger partial charge in [0.1, 0.15) is 0 Å². The summed E-state index contributed by atoms with van der Waals surface area (Å²) in [6, 6.07) is 4.59. The predicted octanol–water partition coefficient (Wildman–Crippen LogP) is -3.90. The molecule has 1 aromatic carbocycles. The zero-order valence-electron chi connectivity index (χ0n) is 14.8. The van der Waals surface area contributed by atoms with E-state index in [0.717, 1.165) is 12.8 Å². The molecule has 5 heteroatoms. The fourth-order valence-electron chi connectivity index (χ4n) is 2.83. The topological polar surface area (TPSA) is 0 Å². The summed E-state index contributed by atoms with van der Waals surface area (Å²) in [4.78, 5) is 0. The number of hydrogen-bond acceptors (Lipinski definition) is 0. The van der Waals surface area contributed by atoms with Gasteiger partial charge in [-0.2, -0.15) is 5.57 Å². The first-order valence-electron chi connectivity index (χ1n) is 7.16. The SMILES string of the molecule is Cc1cc(C)c(CC2=[C-]C([Si](C)(C)C)=CC2)c(C)c1.[Cl-].[Cl-].[Cl-].[Ti+4]. The largest absolute Gasteiger partial charge is 4.00 e. The van der Waals surface area contributed by atoms with Crippen molar-refractivity contribution in [2.24, 2.45) is 0 Å². The summed E-state index contributed by atoms with van der Waals surface area (Å²) >= 11 is 0. The van der Waals surface area contributed by atoms with Gasteiger partial charge in [0.15, 0.2) is 0 Å². The van der Waals surface area contributed by atoms with Crippen molar-refractivity contribution in [1.29, 1.82) is 0 Å². The van der Waals surface area contributed by atoms with Crippen LogP contribution in [0.3, 0.4) is 0 Å². The molecular formula is C18H25Cl3SiTi. The minimum atomic E-state index is -1.19. The fraction of sp³-hybridized carbons (Fsp3) is 0.444. The molecule has 0 nitrogen and oxygen atoms in total. The van der Waals surface area contributed by atoms with Crippen molar-refractivity contribution in [3.63, 3.8) is 0 Å². The first-order valence-corrected chi connectivity index (χ1v) is 10.7. The van der Waals surface area contributed by atoms with Gasteiger partial charge in [0.2, 0.25) is 0 Å². The van der Waals surface area contributed by atoms with Crippen molar-refractivity contribution in [2.75, 3.05) is 0 Å². The van der Waals surface area contributed by atoms with Gasteiger partial charge in [-0.15, -0.1) is 0 Å². The van der Waals surface area contributed by atoms with Gasteiger partial charge < -0.3 is 37.2 Å². The number of benzene rings is 1. The molecule has 0 N–H and O–H groups in total. The summed E-state index contributed by atoms with van der Waals surface area (Å²) < 4.78 is 0. The van der Waals surface area contributed by atoms with E-state index in [1.54, 1.807) is 0 Å². The van der Waals surface area contributed by atoms with Crippen molar-refractivity contribution in [3.8, 4) is 0 Å². The summed E-state index contributed by atoms with van der Waals surface area (Å²) in [5, 5.41) is 1.50. The zero-order valence-corrected chi connectivity index (χ0v) is 19.6. The molecule has 1 aliphatic carbocycles. The molecule has 0 aliphatic heterocycles. The quantitative estimate of drug-likeness (QED) is 0.345. The Morgan fingerprint density at radius 3 is 1.83 bits per heavy atom. The molecule has 0 atom stereocenters. The van der Waals surface area contributed by atoms with Gasteiger partial charge in [-0.25, -0.2) is 11.3 Å². The Balaban J connectivity index is -0.000001000. The molecule has 0 unspecified atom stereocenters. The van der Waals surface area contributed by atoms with Crippen LogP contribution in [0.1, 0.15) is 28.7 Å². The number of aryl methyl sites for hydroxylation is 3. The van der Waals surface area contributed by atoms with Crippen LogP contribution >= 0.6 is 0 Å². The Kier molecular flexibility index (Phi) is 13.8. The van der Waals surface area contributed by atoms with E-state index in [-0.39, 0.29) is 58.9 Å². The second-order valence-corrected chi connectivity index (χ2v) is 11.9. The monoisotopic (exact) mass is 422 g/mol. The molecule has 0 saturated carbocycles. The first kappa shape index (κ1) is 28.3. The molecule has 0 heterocycles. The average molecular weight is 424 g/mol. The molecule has 1 aromatic rings. The van der Waals surface area contributed by atoms with E-state index >= 15 is 0 Å². The maximum Gasteiger partial charge on any atom is 4.00 e. The Morgan fingerprint density at radius 1 is 0.957 bits per heavy atom. The third kappa shape index (κ3) is 7.50. The molecule has 0 radical (unpaired) electrons. The Morgan fingerprint density at radius 2 is 1.43 bits per heavy atom. The Labute approximate surface area is 176 Å².